The summed E-state index contributed by atoms with van der Waals surface area (Å²) in [5, 5.41) is 12.4. The zero-order valence-corrected chi connectivity index (χ0v) is 13.0. The molecule has 1 aromatic carbocycles. The molecule has 0 saturated heterocycles. The van der Waals surface area contributed by atoms with E-state index in [2.05, 4.69) is 17.2 Å². The third-order valence-electron chi connectivity index (χ3n) is 3.94. The van der Waals surface area contributed by atoms with E-state index in [1.807, 2.05) is 6.92 Å². The maximum Gasteiger partial charge on any atom is 0.230 e. The second-order valence-corrected chi connectivity index (χ2v) is 6.12. The molecule has 4 heteroatoms. The third-order valence-corrected chi connectivity index (χ3v) is 4.18. The van der Waals surface area contributed by atoms with E-state index >= 15 is 0 Å². The summed E-state index contributed by atoms with van der Waals surface area (Å²) >= 11 is 5.99. The van der Waals surface area contributed by atoms with E-state index in [9.17, 15) is 4.79 Å². The summed E-state index contributed by atoms with van der Waals surface area (Å²) in [4.78, 5) is 12.5. The lowest BCUT2D eigenvalue weighted by molar-refractivity contribution is -0.124. The normalized spacial score (nSPS) is 16.1. The average Bonchev–Trinajstić information content (AvgIpc) is 2.90. The maximum absolute atomic E-state index is 12.5. The fraction of sp³-hybridized carbons (Fsp3) is 0.471. The second-order valence-electron chi connectivity index (χ2n) is 5.69. The summed E-state index contributed by atoms with van der Waals surface area (Å²) in [7, 11) is 0. The van der Waals surface area contributed by atoms with Crippen molar-refractivity contribution in [1.29, 1.82) is 0 Å². The van der Waals surface area contributed by atoms with Crippen LogP contribution in [0, 0.1) is 17.3 Å². The third kappa shape index (κ3) is 4.00. The minimum absolute atomic E-state index is 0.0212. The number of rotatable bonds is 3. The Morgan fingerprint density at radius 2 is 2.14 bits per heavy atom. The number of hydrogen-bond donors (Lipinski definition) is 2. The highest BCUT2D eigenvalue weighted by atomic mass is 35.5. The van der Waals surface area contributed by atoms with Crippen molar-refractivity contribution in [2.45, 2.75) is 39.0 Å². The van der Waals surface area contributed by atoms with E-state index in [4.69, 9.17) is 16.7 Å². The first-order valence-electron chi connectivity index (χ1n) is 7.26. The van der Waals surface area contributed by atoms with Crippen molar-refractivity contribution >= 4 is 23.2 Å². The van der Waals surface area contributed by atoms with E-state index < -0.39 is 0 Å². The van der Waals surface area contributed by atoms with Crippen molar-refractivity contribution in [1.82, 2.24) is 0 Å². The quantitative estimate of drug-likeness (QED) is 0.838. The molecule has 0 unspecified atom stereocenters. The summed E-state index contributed by atoms with van der Waals surface area (Å²) < 4.78 is 0. The number of carbonyl (C=O) groups is 1. The summed E-state index contributed by atoms with van der Waals surface area (Å²) in [5.74, 6) is 5.86. The van der Waals surface area contributed by atoms with Crippen molar-refractivity contribution in [2.75, 3.05) is 11.9 Å². The monoisotopic (exact) mass is 305 g/mol. The molecule has 0 aromatic heterocycles. The number of nitrogens with one attached hydrogen (secondary N) is 1. The molecule has 0 heterocycles. The van der Waals surface area contributed by atoms with Gasteiger partial charge in [0.15, 0.2) is 0 Å². The molecule has 1 amide bonds. The smallest absolute Gasteiger partial charge is 0.230 e. The van der Waals surface area contributed by atoms with Crippen LogP contribution in [0.3, 0.4) is 0 Å². The molecule has 1 aliphatic carbocycles. The summed E-state index contributed by atoms with van der Waals surface area (Å²) in [6, 6.07) is 5.26. The predicted octanol–water partition coefficient (Wildman–Crippen LogP) is 3.59. The minimum Gasteiger partial charge on any atom is -0.395 e. The summed E-state index contributed by atoms with van der Waals surface area (Å²) in [6.45, 7) is 2.04. The first kappa shape index (κ1) is 15.9. The van der Waals surface area contributed by atoms with E-state index in [1.165, 1.54) is 0 Å². The number of anilines is 1. The SMILES string of the molecule is CC1(C(=O)Nc2ccc(Cl)cc2C#CCCO)CCCC1. The molecule has 1 aliphatic rings. The molecule has 3 nitrogen and oxygen atoms in total. The topological polar surface area (TPSA) is 49.3 Å². The lowest BCUT2D eigenvalue weighted by Crippen LogP contribution is -2.31. The van der Waals surface area contributed by atoms with Gasteiger partial charge in [0, 0.05) is 22.4 Å². The molecule has 112 valence electrons. The first-order chi connectivity index (χ1) is 10.0. The fourth-order valence-corrected chi connectivity index (χ4v) is 2.77. The van der Waals surface area contributed by atoms with E-state index in [0.717, 1.165) is 25.7 Å². The van der Waals surface area contributed by atoms with Gasteiger partial charge in [-0.1, -0.05) is 43.2 Å². The van der Waals surface area contributed by atoms with E-state index in [1.54, 1.807) is 18.2 Å². The van der Waals surface area contributed by atoms with Gasteiger partial charge < -0.3 is 10.4 Å². The van der Waals surface area contributed by atoms with Crippen LogP contribution in [0.4, 0.5) is 5.69 Å². The van der Waals surface area contributed by atoms with Gasteiger partial charge >= 0.3 is 0 Å². The van der Waals surface area contributed by atoms with Crippen LogP contribution in [0.2, 0.25) is 5.02 Å². The van der Waals surface area contributed by atoms with Gasteiger partial charge in [-0.3, -0.25) is 4.79 Å². The predicted molar refractivity (Wildman–Crippen MR) is 85.2 cm³/mol. The Balaban J connectivity index is 2.19. The number of aliphatic hydroxyl groups is 1. The van der Waals surface area contributed by atoms with Crippen molar-refractivity contribution < 1.29 is 9.90 Å². The highest BCUT2D eigenvalue weighted by Gasteiger charge is 2.36. The molecular formula is C17H20ClNO2. The zero-order chi connectivity index (χ0) is 15.3. The Morgan fingerprint density at radius 3 is 2.81 bits per heavy atom. The van der Waals surface area contributed by atoms with Gasteiger partial charge in [0.1, 0.15) is 0 Å². The Bertz CT molecular complexity index is 580. The van der Waals surface area contributed by atoms with Gasteiger partial charge in [-0.2, -0.15) is 0 Å². The molecule has 1 aromatic rings. The molecule has 0 atom stereocenters. The molecular weight excluding hydrogens is 286 g/mol. The number of halogens is 1. The molecule has 21 heavy (non-hydrogen) atoms. The van der Waals surface area contributed by atoms with Crippen molar-refractivity contribution in [3.05, 3.63) is 28.8 Å². The van der Waals surface area contributed by atoms with Crippen LogP contribution < -0.4 is 5.32 Å². The lowest BCUT2D eigenvalue weighted by atomic mass is 9.87. The number of aliphatic hydroxyl groups excluding tert-OH is 1. The van der Waals surface area contributed by atoms with Crippen LogP contribution in [0.15, 0.2) is 18.2 Å². The molecule has 0 spiro atoms. The molecule has 0 aliphatic heterocycles. The zero-order valence-electron chi connectivity index (χ0n) is 12.2. The number of carbonyl (C=O) groups excluding carboxylic acids is 1. The minimum atomic E-state index is -0.282. The van der Waals surface area contributed by atoms with Crippen LogP contribution >= 0.6 is 11.6 Å². The molecule has 0 bridgehead atoms. The molecule has 2 rings (SSSR count). The van der Waals surface area contributed by atoms with Gasteiger partial charge in [-0.25, -0.2) is 0 Å². The van der Waals surface area contributed by atoms with Gasteiger partial charge in [-0.05, 0) is 31.0 Å². The fourth-order valence-electron chi connectivity index (χ4n) is 2.60. The number of benzene rings is 1. The van der Waals surface area contributed by atoms with Crippen LogP contribution in [0.25, 0.3) is 0 Å². The van der Waals surface area contributed by atoms with Crippen molar-refractivity contribution in [2.24, 2.45) is 5.41 Å². The van der Waals surface area contributed by atoms with Crippen LogP contribution in [0.5, 0.6) is 0 Å². The molecule has 0 radical (unpaired) electrons. The molecule has 1 fully saturated rings. The first-order valence-corrected chi connectivity index (χ1v) is 7.64. The van der Waals surface area contributed by atoms with Gasteiger partial charge in [0.05, 0.1) is 12.3 Å². The van der Waals surface area contributed by atoms with Gasteiger partial charge in [0.2, 0.25) is 5.91 Å². The van der Waals surface area contributed by atoms with E-state index in [0.29, 0.717) is 22.7 Å². The highest BCUT2D eigenvalue weighted by molar-refractivity contribution is 6.30. The standard InChI is InChI=1S/C17H20ClNO2/c1-17(9-3-4-10-17)16(21)19-15-8-7-14(18)12-13(15)6-2-5-11-20/h7-8,12,20H,3-5,9-11H2,1H3,(H,19,21). The number of hydrogen-bond acceptors (Lipinski definition) is 2. The van der Waals surface area contributed by atoms with Crippen molar-refractivity contribution in [3.8, 4) is 11.8 Å². The Kier molecular flexibility index (Phi) is 5.27. The summed E-state index contributed by atoms with van der Waals surface area (Å²) in [5.41, 5.74) is 1.09. The van der Waals surface area contributed by atoms with Crippen LogP contribution in [-0.2, 0) is 4.79 Å². The van der Waals surface area contributed by atoms with Crippen LogP contribution in [-0.4, -0.2) is 17.6 Å². The Morgan fingerprint density at radius 1 is 1.43 bits per heavy atom. The van der Waals surface area contributed by atoms with Gasteiger partial charge in [0.25, 0.3) is 0 Å². The second kappa shape index (κ2) is 6.98. The van der Waals surface area contributed by atoms with Crippen molar-refractivity contribution in [3.63, 3.8) is 0 Å². The average molecular weight is 306 g/mol. The Hall–Kier alpha value is -1.50. The van der Waals surface area contributed by atoms with E-state index in [-0.39, 0.29) is 17.9 Å². The summed E-state index contributed by atoms with van der Waals surface area (Å²) in [6.07, 6.45) is 4.47. The lowest BCUT2D eigenvalue weighted by Gasteiger charge is -2.22. The largest absolute Gasteiger partial charge is 0.395 e. The van der Waals surface area contributed by atoms with Gasteiger partial charge in [-0.15, -0.1) is 0 Å². The molecule has 2 N–H and O–H groups in total. The van der Waals surface area contributed by atoms with Crippen LogP contribution in [0.1, 0.15) is 44.6 Å². The molecule has 1 saturated carbocycles. The Labute approximate surface area is 130 Å². The highest BCUT2D eigenvalue weighted by Crippen LogP contribution is 2.38. The number of amides is 1. The maximum atomic E-state index is 12.5.